The Morgan fingerprint density at radius 3 is 3.21 bits per heavy atom. The van der Waals surface area contributed by atoms with Crippen LogP contribution in [0.3, 0.4) is 0 Å². The summed E-state index contributed by atoms with van der Waals surface area (Å²) in [5.41, 5.74) is 11.3. The molecule has 3 rings (SSSR count). The fourth-order valence-corrected chi connectivity index (χ4v) is 2.46. The van der Waals surface area contributed by atoms with Crippen LogP contribution in [0.15, 0.2) is 29.6 Å². The zero-order valence-corrected chi connectivity index (χ0v) is 10.6. The number of aromatic nitrogens is 2. The molecule has 0 N–H and O–H groups in total. The summed E-state index contributed by atoms with van der Waals surface area (Å²) in [5.74, 6) is 0. The molecule has 0 spiro atoms. The zero-order valence-electron chi connectivity index (χ0n) is 10.6. The molecule has 1 fully saturated rings. The van der Waals surface area contributed by atoms with E-state index in [0.717, 1.165) is 36.0 Å². The number of nitrogens with zero attached hydrogens (tertiary/aromatic N) is 5. The largest absolute Gasteiger partial charge is 0.358 e. The van der Waals surface area contributed by atoms with Crippen molar-refractivity contribution in [2.75, 3.05) is 6.61 Å². The van der Waals surface area contributed by atoms with E-state index >= 15 is 0 Å². The molecule has 1 aliphatic rings. The summed E-state index contributed by atoms with van der Waals surface area (Å²) >= 11 is 0. The zero-order chi connectivity index (χ0) is 13.1. The highest BCUT2D eigenvalue weighted by Crippen LogP contribution is 2.26. The topological polar surface area (TPSA) is 75.8 Å². The van der Waals surface area contributed by atoms with Crippen LogP contribution in [0.25, 0.3) is 21.5 Å². The van der Waals surface area contributed by atoms with Crippen LogP contribution in [0.5, 0.6) is 0 Å². The summed E-state index contributed by atoms with van der Waals surface area (Å²) in [5, 5.41) is 3.57. The maximum absolute atomic E-state index is 8.34. The summed E-state index contributed by atoms with van der Waals surface area (Å²) in [6, 6.07) is 5.95. The number of rotatable bonds is 3. The van der Waals surface area contributed by atoms with E-state index in [1.165, 1.54) is 6.42 Å². The fraction of sp³-hybridized carbons (Fsp3) is 0.462. The van der Waals surface area contributed by atoms with Gasteiger partial charge in [0.25, 0.3) is 0 Å². The third-order valence-corrected chi connectivity index (χ3v) is 3.42. The van der Waals surface area contributed by atoms with E-state index in [-0.39, 0.29) is 6.23 Å². The Morgan fingerprint density at radius 1 is 1.47 bits per heavy atom. The van der Waals surface area contributed by atoms with Crippen LogP contribution in [0.1, 0.15) is 31.1 Å². The average Bonchev–Trinajstić information content (AvgIpc) is 2.89. The molecule has 1 aromatic heterocycles. The van der Waals surface area contributed by atoms with Crippen molar-refractivity contribution in [3.05, 3.63) is 40.5 Å². The molecule has 0 radical (unpaired) electrons. The van der Waals surface area contributed by atoms with Crippen LogP contribution in [-0.4, -0.2) is 16.2 Å². The molecule has 6 heteroatoms. The van der Waals surface area contributed by atoms with E-state index in [0.29, 0.717) is 6.54 Å². The van der Waals surface area contributed by atoms with Crippen molar-refractivity contribution in [2.24, 2.45) is 5.11 Å². The Kier molecular flexibility index (Phi) is 3.35. The van der Waals surface area contributed by atoms with Crippen LogP contribution in [0.4, 0.5) is 0 Å². The van der Waals surface area contributed by atoms with Crippen molar-refractivity contribution in [1.82, 2.24) is 9.55 Å². The van der Waals surface area contributed by atoms with E-state index in [9.17, 15) is 0 Å². The molecule has 2 aromatic rings. The van der Waals surface area contributed by atoms with Gasteiger partial charge in [0.05, 0.1) is 23.9 Å². The standard InChI is InChI=1S/C13H15N5O/c14-17-16-8-10-4-5-12-11(7-10)15-9-18(12)13-3-1-2-6-19-13/h4-5,7,9,13H,1-3,6,8H2/t13-/m0/s1. The van der Waals surface area contributed by atoms with Gasteiger partial charge in [-0.1, -0.05) is 11.2 Å². The lowest BCUT2D eigenvalue weighted by Crippen LogP contribution is -2.17. The van der Waals surface area contributed by atoms with Gasteiger partial charge >= 0.3 is 0 Å². The van der Waals surface area contributed by atoms with Crippen molar-refractivity contribution in [1.29, 1.82) is 0 Å². The van der Waals surface area contributed by atoms with E-state index in [1.54, 1.807) is 0 Å². The van der Waals surface area contributed by atoms with Gasteiger partial charge in [-0.25, -0.2) is 4.98 Å². The van der Waals surface area contributed by atoms with Crippen LogP contribution in [0.2, 0.25) is 0 Å². The highest BCUT2D eigenvalue weighted by molar-refractivity contribution is 5.76. The number of azide groups is 1. The van der Waals surface area contributed by atoms with Crippen molar-refractivity contribution in [3.63, 3.8) is 0 Å². The van der Waals surface area contributed by atoms with Crippen molar-refractivity contribution >= 4 is 11.0 Å². The van der Waals surface area contributed by atoms with Crippen LogP contribution >= 0.6 is 0 Å². The summed E-state index contributed by atoms with van der Waals surface area (Å²) in [6.07, 6.45) is 5.30. The molecule has 1 aromatic carbocycles. The first-order valence-corrected chi connectivity index (χ1v) is 6.46. The predicted molar refractivity (Wildman–Crippen MR) is 71.4 cm³/mol. The molecular formula is C13H15N5O. The molecule has 19 heavy (non-hydrogen) atoms. The Labute approximate surface area is 110 Å². The van der Waals surface area contributed by atoms with Gasteiger partial charge in [-0.05, 0) is 42.5 Å². The molecule has 0 bridgehead atoms. The fourth-order valence-electron chi connectivity index (χ4n) is 2.46. The highest BCUT2D eigenvalue weighted by Gasteiger charge is 2.17. The third kappa shape index (κ3) is 2.41. The molecular weight excluding hydrogens is 242 g/mol. The minimum atomic E-state index is 0.0988. The lowest BCUT2D eigenvalue weighted by atomic mass is 10.1. The first kappa shape index (κ1) is 12.0. The van der Waals surface area contributed by atoms with Gasteiger partial charge in [0.1, 0.15) is 6.23 Å². The Hall–Kier alpha value is -2.04. The molecule has 2 heterocycles. The molecule has 0 unspecified atom stereocenters. The third-order valence-electron chi connectivity index (χ3n) is 3.42. The maximum Gasteiger partial charge on any atom is 0.135 e. The van der Waals surface area contributed by atoms with E-state index in [1.807, 2.05) is 24.5 Å². The van der Waals surface area contributed by atoms with E-state index in [2.05, 4.69) is 19.6 Å². The number of hydrogen-bond acceptors (Lipinski definition) is 3. The number of ether oxygens (including phenoxy) is 1. The van der Waals surface area contributed by atoms with Crippen LogP contribution < -0.4 is 0 Å². The normalized spacial score (nSPS) is 19.3. The van der Waals surface area contributed by atoms with Crippen molar-refractivity contribution in [2.45, 2.75) is 32.0 Å². The first-order chi connectivity index (χ1) is 9.38. The van der Waals surface area contributed by atoms with Gasteiger partial charge in [0, 0.05) is 11.5 Å². The summed E-state index contributed by atoms with van der Waals surface area (Å²) < 4.78 is 7.87. The number of benzene rings is 1. The predicted octanol–water partition coefficient (Wildman–Crippen LogP) is 3.55. The quantitative estimate of drug-likeness (QED) is 0.479. The SMILES string of the molecule is [N-]=[N+]=NCc1ccc2c(c1)ncn2[C@@H]1CCCCO1. The van der Waals surface area contributed by atoms with Gasteiger partial charge in [-0.3, -0.25) is 0 Å². The van der Waals surface area contributed by atoms with Gasteiger partial charge < -0.3 is 9.30 Å². The molecule has 1 atom stereocenters. The molecule has 6 nitrogen and oxygen atoms in total. The van der Waals surface area contributed by atoms with Crippen molar-refractivity contribution in [3.8, 4) is 0 Å². The lowest BCUT2D eigenvalue weighted by molar-refractivity contribution is -0.0295. The molecule has 98 valence electrons. The molecule has 0 aliphatic carbocycles. The molecule has 1 aliphatic heterocycles. The second kappa shape index (κ2) is 5.30. The van der Waals surface area contributed by atoms with Crippen LogP contribution in [-0.2, 0) is 11.3 Å². The Bertz CT molecular complexity index is 623. The first-order valence-electron chi connectivity index (χ1n) is 6.46. The van der Waals surface area contributed by atoms with E-state index in [4.69, 9.17) is 10.3 Å². The summed E-state index contributed by atoms with van der Waals surface area (Å²) in [4.78, 5) is 7.18. The van der Waals surface area contributed by atoms with Gasteiger partial charge in [-0.15, -0.1) is 0 Å². The van der Waals surface area contributed by atoms with Crippen molar-refractivity contribution < 1.29 is 4.74 Å². The monoisotopic (exact) mass is 257 g/mol. The number of hydrogen-bond donors (Lipinski definition) is 0. The summed E-state index contributed by atoms with van der Waals surface area (Å²) in [6.45, 7) is 1.18. The molecule has 0 amide bonds. The minimum absolute atomic E-state index is 0.0988. The Balaban J connectivity index is 1.92. The highest BCUT2D eigenvalue weighted by atomic mass is 16.5. The van der Waals surface area contributed by atoms with Crippen LogP contribution in [0, 0.1) is 0 Å². The number of fused-ring (bicyclic) bond motifs is 1. The maximum atomic E-state index is 8.34. The lowest BCUT2D eigenvalue weighted by Gasteiger charge is -2.24. The smallest absolute Gasteiger partial charge is 0.135 e. The second-order valence-electron chi connectivity index (χ2n) is 4.69. The van der Waals surface area contributed by atoms with Gasteiger partial charge in [0.2, 0.25) is 0 Å². The second-order valence-corrected chi connectivity index (χ2v) is 4.69. The molecule has 1 saturated heterocycles. The van der Waals surface area contributed by atoms with Gasteiger partial charge in [0.15, 0.2) is 0 Å². The van der Waals surface area contributed by atoms with E-state index < -0.39 is 0 Å². The minimum Gasteiger partial charge on any atom is -0.358 e. The Morgan fingerprint density at radius 2 is 2.42 bits per heavy atom. The number of imidazole rings is 1. The summed E-state index contributed by atoms with van der Waals surface area (Å²) in [7, 11) is 0. The van der Waals surface area contributed by atoms with Gasteiger partial charge in [-0.2, -0.15) is 0 Å². The average molecular weight is 257 g/mol. The molecule has 0 saturated carbocycles.